The molecule has 0 radical (unpaired) electrons. The van der Waals surface area contributed by atoms with Gasteiger partial charge >= 0.3 is 6.03 Å². The van der Waals surface area contributed by atoms with Gasteiger partial charge in [0.15, 0.2) is 9.84 Å². The zero-order valence-electron chi connectivity index (χ0n) is 18.8. The van der Waals surface area contributed by atoms with Crippen molar-refractivity contribution in [2.45, 2.75) is 55.2 Å². The molecule has 5 nitrogen and oxygen atoms in total. The van der Waals surface area contributed by atoms with Crippen LogP contribution in [0.15, 0.2) is 83.8 Å². The Morgan fingerprint density at radius 2 is 1.55 bits per heavy atom. The molecule has 0 bridgehead atoms. The molecule has 0 aromatic heterocycles. The van der Waals surface area contributed by atoms with Gasteiger partial charge in [0.25, 0.3) is 0 Å². The van der Waals surface area contributed by atoms with Crippen LogP contribution < -0.4 is 10.6 Å². The summed E-state index contributed by atoms with van der Waals surface area (Å²) in [6, 6.07) is 23.5. The predicted molar refractivity (Wildman–Crippen MR) is 132 cm³/mol. The summed E-state index contributed by atoms with van der Waals surface area (Å²) in [6.45, 7) is 1.91. The largest absolute Gasteiger partial charge is 0.331 e. The minimum Gasteiger partial charge on any atom is -0.331 e. The summed E-state index contributed by atoms with van der Waals surface area (Å²) in [5, 5.41) is 5.64. The standard InChI is InChI=1S/C27H30N2O3S/c1-20(22-7-3-2-4-8-22)28-27(30)29-25-15-17-26(18-16-25)33(31,32)19-21-11-13-24(14-12-21)23-9-5-6-10-23/h2-4,7-8,11-18,20,23H,5-6,9-10,19H2,1H3,(H2,28,29,30)/t20-/m0/s1. The summed E-state index contributed by atoms with van der Waals surface area (Å²) >= 11 is 0. The first-order valence-electron chi connectivity index (χ1n) is 11.4. The number of urea groups is 1. The number of carbonyl (C=O) groups excluding carboxylic acids is 1. The average molecular weight is 463 g/mol. The number of hydrogen-bond acceptors (Lipinski definition) is 3. The van der Waals surface area contributed by atoms with E-state index in [1.807, 2.05) is 49.4 Å². The van der Waals surface area contributed by atoms with Gasteiger partial charge in [-0.2, -0.15) is 0 Å². The van der Waals surface area contributed by atoms with Crippen LogP contribution in [-0.2, 0) is 15.6 Å². The summed E-state index contributed by atoms with van der Waals surface area (Å²) < 4.78 is 25.8. The Hall–Kier alpha value is -3.12. The third-order valence-electron chi connectivity index (χ3n) is 6.28. The second-order valence-corrected chi connectivity index (χ2v) is 10.7. The summed E-state index contributed by atoms with van der Waals surface area (Å²) in [5.41, 5.74) is 3.63. The molecule has 0 spiro atoms. The molecule has 172 valence electrons. The fraction of sp³-hybridized carbons (Fsp3) is 0.296. The molecule has 1 aliphatic carbocycles. The van der Waals surface area contributed by atoms with Crippen LogP contribution >= 0.6 is 0 Å². The maximum atomic E-state index is 12.9. The quantitative estimate of drug-likeness (QED) is 0.439. The van der Waals surface area contributed by atoms with Gasteiger partial charge in [-0.05, 0) is 66.6 Å². The topological polar surface area (TPSA) is 75.3 Å². The second-order valence-electron chi connectivity index (χ2n) is 8.74. The zero-order valence-corrected chi connectivity index (χ0v) is 19.6. The normalized spacial score (nSPS) is 15.2. The van der Waals surface area contributed by atoms with E-state index in [1.54, 1.807) is 24.3 Å². The lowest BCUT2D eigenvalue weighted by atomic mass is 9.97. The van der Waals surface area contributed by atoms with E-state index in [9.17, 15) is 13.2 Å². The molecule has 3 aromatic carbocycles. The van der Waals surface area contributed by atoms with Crippen LogP contribution in [0.2, 0.25) is 0 Å². The molecule has 33 heavy (non-hydrogen) atoms. The molecule has 0 aliphatic heterocycles. The molecule has 2 N–H and O–H groups in total. The predicted octanol–water partition coefficient (Wildman–Crippen LogP) is 6.20. The smallest absolute Gasteiger partial charge is 0.319 e. The van der Waals surface area contributed by atoms with Gasteiger partial charge in [0.05, 0.1) is 16.7 Å². The van der Waals surface area contributed by atoms with E-state index in [2.05, 4.69) is 22.8 Å². The van der Waals surface area contributed by atoms with Gasteiger partial charge in [-0.1, -0.05) is 67.4 Å². The number of rotatable bonds is 7. The van der Waals surface area contributed by atoms with E-state index < -0.39 is 9.84 Å². The minimum atomic E-state index is -3.47. The highest BCUT2D eigenvalue weighted by atomic mass is 32.2. The van der Waals surface area contributed by atoms with Gasteiger partial charge in [-0.3, -0.25) is 0 Å². The second kappa shape index (κ2) is 10.2. The third kappa shape index (κ3) is 6.02. The van der Waals surface area contributed by atoms with E-state index in [0.717, 1.165) is 11.1 Å². The van der Waals surface area contributed by atoms with Gasteiger partial charge in [-0.15, -0.1) is 0 Å². The van der Waals surface area contributed by atoms with Crippen molar-refractivity contribution in [3.05, 3.63) is 95.6 Å². The van der Waals surface area contributed by atoms with Crippen molar-refractivity contribution >= 4 is 21.6 Å². The molecule has 4 rings (SSSR count). The van der Waals surface area contributed by atoms with Gasteiger partial charge in [-0.25, -0.2) is 13.2 Å². The van der Waals surface area contributed by atoms with E-state index in [4.69, 9.17) is 0 Å². The number of anilines is 1. The van der Waals surface area contributed by atoms with Crippen molar-refractivity contribution in [2.24, 2.45) is 0 Å². The SMILES string of the molecule is C[C@H](NC(=O)Nc1ccc(S(=O)(=O)Cc2ccc(C3CCCC3)cc2)cc1)c1ccccc1. The molecular formula is C27H30N2O3S. The first-order valence-corrected chi connectivity index (χ1v) is 13.1. The highest BCUT2D eigenvalue weighted by molar-refractivity contribution is 7.90. The molecular weight excluding hydrogens is 432 g/mol. The molecule has 0 heterocycles. The van der Waals surface area contributed by atoms with E-state index in [0.29, 0.717) is 11.6 Å². The number of nitrogens with one attached hydrogen (secondary N) is 2. The van der Waals surface area contributed by atoms with Crippen LogP contribution in [0.25, 0.3) is 0 Å². The first kappa shape index (κ1) is 23.1. The molecule has 1 atom stereocenters. The zero-order chi connectivity index (χ0) is 23.3. The monoisotopic (exact) mass is 462 g/mol. The van der Waals surface area contributed by atoms with Crippen molar-refractivity contribution in [1.29, 1.82) is 0 Å². The van der Waals surface area contributed by atoms with Crippen LogP contribution in [0, 0.1) is 0 Å². The molecule has 1 saturated carbocycles. The highest BCUT2D eigenvalue weighted by Crippen LogP contribution is 2.34. The van der Waals surface area contributed by atoms with Crippen molar-refractivity contribution in [3.8, 4) is 0 Å². The number of sulfone groups is 1. The van der Waals surface area contributed by atoms with Gasteiger partial charge in [0, 0.05) is 5.69 Å². The Morgan fingerprint density at radius 1 is 0.909 bits per heavy atom. The molecule has 1 fully saturated rings. The Balaban J connectivity index is 1.35. The van der Waals surface area contributed by atoms with Crippen LogP contribution in [0.1, 0.15) is 61.3 Å². The number of hydrogen-bond donors (Lipinski definition) is 2. The number of amides is 2. The Kier molecular flexibility index (Phi) is 7.14. The fourth-order valence-corrected chi connectivity index (χ4v) is 5.73. The summed E-state index contributed by atoms with van der Waals surface area (Å²) in [5.74, 6) is 0.573. The molecule has 3 aromatic rings. The lowest BCUT2D eigenvalue weighted by Gasteiger charge is -2.15. The minimum absolute atomic E-state index is 0.0419. The van der Waals surface area contributed by atoms with E-state index in [1.165, 1.54) is 31.2 Å². The molecule has 0 unspecified atom stereocenters. The lowest BCUT2D eigenvalue weighted by molar-refractivity contribution is 0.249. The Labute approximate surface area is 196 Å². The third-order valence-corrected chi connectivity index (χ3v) is 7.99. The lowest BCUT2D eigenvalue weighted by Crippen LogP contribution is -2.31. The first-order chi connectivity index (χ1) is 15.9. The maximum absolute atomic E-state index is 12.9. The average Bonchev–Trinajstić information content (AvgIpc) is 3.35. The van der Waals surface area contributed by atoms with Crippen LogP contribution in [-0.4, -0.2) is 14.4 Å². The molecule has 1 aliphatic rings. The summed E-state index contributed by atoms with van der Waals surface area (Å²) in [7, 11) is -3.47. The fourth-order valence-electron chi connectivity index (χ4n) is 4.38. The van der Waals surface area contributed by atoms with E-state index in [-0.39, 0.29) is 22.7 Å². The molecule has 0 saturated heterocycles. The number of benzene rings is 3. The van der Waals surface area contributed by atoms with Crippen molar-refractivity contribution in [3.63, 3.8) is 0 Å². The van der Waals surface area contributed by atoms with Crippen LogP contribution in [0.4, 0.5) is 10.5 Å². The maximum Gasteiger partial charge on any atom is 0.319 e. The van der Waals surface area contributed by atoms with E-state index >= 15 is 0 Å². The molecule has 6 heteroatoms. The van der Waals surface area contributed by atoms with Crippen molar-refractivity contribution in [2.75, 3.05) is 5.32 Å². The van der Waals surface area contributed by atoms with Crippen molar-refractivity contribution < 1.29 is 13.2 Å². The Morgan fingerprint density at radius 3 is 2.18 bits per heavy atom. The number of carbonyl (C=O) groups is 1. The summed E-state index contributed by atoms with van der Waals surface area (Å²) in [4.78, 5) is 12.5. The van der Waals surface area contributed by atoms with Gasteiger partial charge in [0.2, 0.25) is 0 Å². The van der Waals surface area contributed by atoms with Crippen LogP contribution in [0.3, 0.4) is 0 Å². The highest BCUT2D eigenvalue weighted by Gasteiger charge is 2.19. The van der Waals surface area contributed by atoms with Crippen LogP contribution in [0.5, 0.6) is 0 Å². The summed E-state index contributed by atoms with van der Waals surface area (Å²) in [6.07, 6.45) is 5.00. The van der Waals surface area contributed by atoms with Gasteiger partial charge in [0.1, 0.15) is 0 Å². The van der Waals surface area contributed by atoms with Gasteiger partial charge < -0.3 is 10.6 Å². The van der Waals surface area contributed by atoms with Crippen molar-refractivity contribution in [1.82, 2.24) is 5.32 Å². The Bertz CT molecular complexity index is 1170. The molecule has 2 amide bonds.